The van der Waals surface area contributed by atoms with Gasteiger partial charge in [-0.05, 0) is 35.9 Å². The normalized spacial score (nSPS) is 14.2. The average molecular weight is 519 g/mol. The Kier molecular flexibility index (Phi) is 7.74. The molecule has 3 aromatic carbocycles. The SMILES string of the molecule is C=CC(=O)N1CCN(C(=N)c2cc(Cl)c(-c3c(O)cccc3F)cc2C(=N)[C@H](C)c2ccccc2)CC1. The highest BCUT2D eigenvalue weighted by Gasteiger charge is 2.27. The monoisotopic (exact) mass is 518 g/mol. The number of aromatic hydroxyl groups is 1. The summed E-state index contributed by atoms with van der Waals surface area (Å²) in [6, 6.07) is 16.7. The van der Waals surface area contributed by atoms with Gasteiger partial charge in [0.1, 0.15) is 17.4 Å². The predicted molar refractivity (Wildman–Crippen MR) is 145 cm³/mol. The van der Waals surface area contributed by atoms with Crippen LogP contribution in [0.4, 0.5) is 4.39 Å². The number of hydrogen-bond acceptors (Lipinski definition) is 4. The van der Waals surface area contributed by atoms with Gasteiger partial charge in [0.05, 0.1) is 5.56 Å². The molecule has 3 N–H and O–H groups in total. The van der Waals surface area contributed by atoms with Gasteiger partial charge in [-0.3, -0.25) is 10.2 Å². The molecule has 8 heteroatoms. The number of benzene rings is 3. The van der Waals surface area contributed by atoms with Crippen molar-refractivity contribution in [2.45, 2.75) is 12.8 Å². The molecule has 0 aromatic heterocycles. The quantitative estimate of drug-likeness (QED) is 0.223. The Morgan fingerprint density at radius 2 is 1.68 bits per heavy atom. The summed E-state index contributed by atoms with van der Waals surface area (Å²) in [6.45, 7) is 7.19. The molecule has 0 unspecified atom stereocenters. The zero-order valence-corrected chi connectivity index (χ0v) is 21.2. The van der Waals surface area contributed by atoms with Crippen LogP contribution in [-0.2, 0) is 4.79 Å². The molecular formula is C29H28ClFN4O2. The molecule has 37 heavy (non-hydrogen) atoms. The van der Waals surface area contributed by atoms with E-state index in [1.807, 2.05) is 42.2 Å². The van der Waals surface area contributed by atoms with Gasteiger partial charge in [-0.15, -0.1) is 0 Å². The second-order valence-electron chi connectivity index (χ2n) is 8.92. The minimum absolute atomic E-state index is 0.0523. The van der Waals surface area contributed by atoms with E-state index in [1.54, 1.807) is 17.0 Å². The van der Waals surface area contributed by atoms with Crippen LogP contribution < -0.4 is 0 Å². The van der Waals surface area contributed by atoms with Gasteiger partial charge in [-0.25, -0.2) is 4.39 Å². The molecule has 0 saturated carbocycles. The van der Waals surface area contributed by atoms with Gasteiger partial charge in [-0.2, -0.15) is 0 Å². The first-order valence-corrected chi connectivity index (χ1v) is 12.3. The van der Waals surface area contributed by atoms with Crippen LogP contribution >= 0.6 is 11.6 Å². The standard InChI is InChI=1S/C29H28ClFN4O2/c1-3-26(37)34-12-14-35(15-13-34)29(33)21-17-23(30)22(27-24(31)10-7-11-25(27)36)16-20(21)28(32)18(2)19-8-5-4-6-9-19/h3-11,16-18,32-33,36H,1,12-15H2,2H3/t18-/m1/s1. The molecule has 1 aliphatic rings. The van der Waals surface area contributed by atoms with Crippen molar-refractivity contribution in [2.75, 3.05) is 26.2 Å². The Morgan fingerprint density at radius 3 is 2.30 bits per heavy atom. The van der Waals surface area contributed by atoms with Crippen LogP contribution in [0.1, 0.15) is 29.5 Å². The van der Waals surface area contributed by atoms with Crippen molar-refractivity contribution in [1.29, 1.82) is 10.8 Å². The van der Waals surface area contributed by atoms with Crippen LogP contribution in [0.2, 0.25) is 5.02 Å². The van der Waals surface area contributed by atoms with E-state index < -0.39 is 5.82 Å². The fourth-order valence-electron chi connectivity index (χ4n) is 4.55. The Hall–Kier alpha value is -3.97. The molecule has 0 bridgehead atoms. The molecule has 1 fully saturated rings. The summed E-state index contributed by atoms with van der Waals surface area (Å²) in [6.07, 6.45) is 1.28. The molecule has 6 nitrogen and oxygen atoms in total. The van der Waals surface area contributed by atoms with Gasteiger partial charge in [-0.1, -0.05) is 61.5 Å². The molecule has 4 rings (SSSR count). The summed E-state index contributed by atoms with van der Waals surface area (Å²) in [5.74, 6) is -1.21. The number of nitrogens with zero attached hydrogens (tertiary/aromatic N) is 2. The Labute approximate surface area is 220 Å². The maximum Gasteiger partial charge on any atom is 0.246 e. The van der Waals surface area contributed by atoms with E-state index >= 15 is 0 Å². The molecule has 0 aliphatic carbocycles. The van der Waals surface area contributed by atoms with E-state index in [-0.39, 0.29) is 45.3 Å². The molecule has 3 aromatic rings. The number of nitrogens with one attached hydrogen (secondary N) is 2. The first-order chi connectivity index (χ1) is 17.7. The van der Waals surface area contributed by atoms with E-state index in [0.717, 1.165) is 5.56 Å². The van der Waals surface area contributed by atoms with Crippen molar-refractivity contribution in [3.05, 3.63) is 101 Å². The second-order valence-corrected chi connectivity index (χ2v) is 9.33. The Balaban J connectivity index is 1.78. The van der Waals surface area contributed by atoms with E-state index in [0.29, 0.717) is 37.3 Å². The molecule has 0 radical (unpaired) electrons. The predicted octanol–water partition coefficient (Wildman–Crippen LogP) is 5.68. The molecule has 1 aliphatic heterocycles. The number of hydrogen-bond donors (Lipinski definition) is 3. The molecule has 190 valence electrons. The second kappa shape index (κ2) is 11.0. The summed E-state index contributed by atoms with van der Waals surface area (Å²) >= 11 is 6.62. The lowest BCUT2D eigenvalue weighted by Crippen LogP contribution is -2.50. The molecule has 1 heterocycles. The summed E-state index contributed by atoms with van der Waals surface area (Å²) in [5.41, 5.74) is 2.21. The van der Waals surface area contributed by atoms with Crippen LogP contribution in [0.5, 0.6) is 5.75 Å². The minimum Gasteiger partial charge on any atom is -0.507 e. The lowest BCUT2D eigenvalue weighted by atomic mass is 9.87. The molecule has 1 saturated heterocycles. The third-order valence-electron chi connectivity index (χ3n) is 6.73. The maximum atomic E-state index is 14.8. The largest absolute Gasteiger partial charge is 0.507 e. The van der Waals surface area contributed by atoms with Crippen LogP contribution in [0, 0.1) is 16.6 Å². The van der Waals surface area contributed by atoms with Gasteiger partial charge in [0, 0.05) is 59.5 Å². The first-order valence-electron chi connectivity index (χ1n) is 11.9. The van der Waals surface area contributed by atoms with Crippen molar-refractivity contribution in [1.82, 2.24) is 9.80 Å². The van der Waals surface area contributed by atoms with Crippen molar-refractivity contribution < 1.29 is 14.3 Å². The number of phenols is 1. The summed E-state index contributed by atoms with van der Waals surface area (Å²) in [4.78, 5) is 15.5. The number of rotatable bonds is 6. The highest BCUT2D eigenvalue weighted by Crippen LogP contribution is 2.39. The lowest BCUT2D eigenvalue weighted by molar-refractivity contribution is -0.127. The number of amides is 1. The first kappa shape index (κ1) is 26.1. The summed E-state index contributed by atoms with van der Waals surface area (Å²) < 4.78 is 14.8. The van der Waals surface area contributed by atoms with Gasteiger partial charge in [0.25, 0.3) is 0 Å². The lowest BCUT2D eigenvalue weighted by Gasteiger charge is -2.36. The van der Waals surface area contributed by atoms with Crippen molar-refractivity contribution in [2.24, 2.45) is 0 Å². The van der Waals surface area contributed by atoms with Crippen molar-refractivity contribution >= 4 is 29.1 Å². The van der Waals surface area contributed by atoms with E-state index in [1.165, 1.54) is 24.3 Å². The number of halogens is 2. The number of phenolic OH excluding ortho intramolecular Hbond substituents is 1. The van der Waals surface area contributed by atoms with Crippen molar-refractivity contribution in [3.63, 3.8) is 0 Å². The highest BCUT2D eigenvalue weighted by atomic mass is 35.5. The third-order valence-corrected chi connectivity index (χ3v) is 7.04. The molecule has 1 amide bonds. The highest BCUT2D eigenvalue weighted by molar-refractivity contribution is 6.34. The Bertz CT molecular complexity index is 1350. The molecule has 0 spiro atoms. The molecular weight excluding hydrogens is 491 g/mol. The zero-order valence-electron chi connectivity index (χ0n) is 20.5. The van der Waals surface area contributed by atoms with Gasteiger partial charge in [0.15, 0.2) is 0 Å². The van der Waals surface area contributed by atoms with Gasteiger partial charge in [0.2, 0.25) is 5.91 Å². The smallest absolute Gasteiger partial charge is 0.246 e. The van der Waals surface area contributed by atoms with Crippen LogP contribution in [0.25, 0.3) is 11.1 Å². The van der Waals surface area contributed by atoms with Crippen LogP contribution in [0.15, 0.2) is 73.3 Å². The van der Waals surface area contributed by atoms with Gasteiger partial charge < -0.3 is 20.3 Å². The maximum absolute atomic E-state index is 14.8. The fourth-order valence-corrected chi connectivity index (χ4v) is 4.81. The van der Waals surface area contributed by atoms with Crippen LogP contribution in [0.3, 0.4) is 0 Å². The number of piperazine rings is 1. The summed E-state index contributed by atoms with van der Waals surface area (Å²) in [5, 5.41) is 28.7. The number of carbonyl (C=O) groups excluding carboxylic acids is 1. The van der Waals surface area contributed by atoms with E-state index in [9.17, 15) is 14.3 Å². The zero-order chi connectivity index (χ0) is 26.7. The third kappa shape index (κ3) is 5.27. The fraction of sp³-hybridized carbons (Fsp3) is 0.207. The van der Waals surface area contributed by atoms with Crippen molar-refractivity contribution in [3.8, 4) is 16.9 Å². The topological polar surface area (TPSA) is 91.5 Å². The minimum atomic E-state index is -0.638. The molecule has 1 atom stereocenters. The van der Waals surface area contributed by atoms with E-state index in [2.05, 4.69) is 6.58 Å². The Morgan fingerprint density at radius 1 is 1.03 bits per heavy atom. The average Bonchev–Trinajstić information content (AvgIpc) is 2.92. The summed E-state index contributed by atoms with van der Waals surface area (Å²) in [7, 11) is 0. The van der Waals surface area contributed by atoms with Crippen LogP contribution in [-0.4, -0.2) is 58.5 Å². The van der Waals surface area contributed by atoms with Gasteiger partial charge >= 0.3 is 0 Å². The number of amidine groups is 1. The van der Waals surface area contributed by atoms with E-state index in [4.69, 9.17) is 22.4 Å². The number of carbonyl (C=O) groups is 1.